The first-order valence-electron chi connectivity index (χ1n) is 9.03. The van der Waals surface area contributed by atoms with Gasteiger partial charge in [-0.3, -0.25) is 0 Å². The quantitative estimate of drug-likeness (QED) is 0.261. The molecule has 0 fully saturated rings. The molecule has 0 aliphatic rings. The number of ether oxygens (including phenoxy) is 4. The third-order valence-corrected chi connectivity index (χ3v) is 3.81. The molecule has 2 aromatic carbocycles. The first kappa shape index (κ1) is 22.8. The van der Waals surface area contributed by atoms with Crippen LogP contribution >= 0.6 is 0 Å². The van der Waals surface area contributed by atoms with Crippen molar-refractivity contribution in [1.29, 1.82) is 0 Å². The zero-order valence-corrected chi connectivity index (χ0v) is 17.1. The summed E-state index contributed by atoms with van der Waals surface area (Å²) in [7, 11) is 1.55. The van der Waals surface area contributed by atoms with Crippen molar-refractivity contribution in [3.05, 3.63) is 66.5 Å². The summed E-state index contributed by atoms with van der Waals surface area (Å²) in [4.78, 5) is 23.5. The highest BCUT2D eigenvalue weighted by molar-refractivity contribution is 5.89. The molecule has 0 aliphatic carbocycles. The highest BCUT2D eigenvalue weighted by atomic mass is 19.1. The van der Waals surface area contributed by atoms with E-state index in [9.17, 15) is 14.0 Å². The second kappa shape index (κ2) is 10.4. The van der Waals surface area contributed by atoms with Gasteiger partial charge >= 0.3 is 11.9 Å². The summed E-state index contributed by atoms with van der Waals surface area (Å²) in [6.45, 7) is 10.7. The Bertz CT molecular complexity index is 980. The van der Waals surface area contributed by atoms with Crippen LogP contribution in [-0.4, -0.2) is 32.3 Å². The summed E-state index contributed by atoms with van der Waals surface area (Å²) in [5, 5.41) is 0. The third kappa shape index (κ3) is 6.28. The topological polar surface area (TPSA) is 71.1 Å². The van der Waals surface area contributed by atoms with Gasteiger partial charge in [0.2, 0.25) is 0 Å². The van der Waals surface area contributed by atoms with Crippen molar-refractivity contribution < 1.29 is 32.9 Å². The van der Waals surface area contributed by atoms with Crippen molar-refractivity contribution >= 4 is 11.9 Å². The minimum Gasteiger partial charge on any atom is -0.491 e. The lowest BCUT2D eigenvalue weighted by Gasteiger charge is -2.12. The molecule has 7 heteroatoms. The van der Waals surface area contributed by atoms with Crippen LogP contribution in [0.4, 0.5) is 4.39 Å². The number of esters is 2. The largest absolute Gasteiger partial charge is 0.491 e. The molecule has 0 aromatic heterocycles. The number of carbonyl (C=O) groups excluding carboxylic acids is 2. The van der Waals surface area contributed by atoms with Gasteiger partial charge in [0.1, 0.15) is 18.1 Å². The number of methoxy groups -OCH3 is 1. The Balaban J connectivity index is 2.37. The minimum absolute atomic E-state index is 0.156. The first-order chi connectivity index (χ1) is 14.2. The molecule has 6 nitrogen and oxygen atoms in total. The van der Waals surface area contributed by atoms with Crippen molar-refractivity contribution in [2.45, 2.75) is 13.8 Å². The van der Waals surface area contributed by atoms with Gasteiger partial charge in [0, 0.05) is 24.3 Å². The van der Waals surface area contributed by atoms with Crippen LogP contribution in [0, 0.1) is 5.82 Å². The summed E-state index contributed by atoms with van der Waals surface area (Å²) in [5.41, 5.74) is 1.39. The molecule has 0 saturated carbocycles. The molecular formula is C23H23FO6. The second-order valence-electron chi connectivity index (χ2n) is 6.52. The van der Waals surface area contributed by atoms with Crippen molar-refractivity contribution in [3.8, 4) is 28.4 Å². The number of carbonyl (C=O) groups is 2. The SMILES string of the molecule is C=C(C)C(=O)Oc1cc(OCCOC)cc(-c2ccc(OC(=O)C(=C)C)c(F)c2)c1. The molecule has 0 spiro atoms. The van der Waals surface area contributed by atoms with Crippen LogP contribution in [0.3, 0.4) is 0 Å². The van der Waals surface area contributed by atoms with E-state index in [0.717, 1.165) is 0 Å². The minimum atomic E-state index is -0.728. The highest BCUT2D eigenvalue weighted by Gasteiger charge is 2.14. The van der Waals surface area contributed by atoms with Crippen LogP contribution < -0.4 is 14.2 Å². The fourth-order valence-electron chi connectivity index (χ4n) is 2.27. The van der Waals surface area contributed by atoms with E-state index >= 15 is 0 Å². The lowest BCUT2D eigenvalue weighted by molar-refractivity contribution is -0.131. The molecule has 0 unspecified atom stereocenters. The molecule has 30 heavy (non-hydrogen) atoms. The van der Waals surface area contributed by atoms with Crippen molar-refractivity contribution in [2.75, 3.05) is 20.3 Å². The fraction of sp³-hybridized carbons (Fsp3) is 0.217. The smallest absolute Gasteiger partial charge is 0.338 e. The fourth-order valence-corrected chi connectivity index (χ4v) is 2.27. The zero-order chi connectivity index (χ0) is 22.3. The monoisotopic (exact) mass is 414 g/mol. The Hall–Kier alpha value is -3.45. The summed E-state index contributed by atoms with van der Waals surface area (Å²) >= 11 is 0. The van der Waals surface area contributed by atoms with Gasteiger partial charge in [-0.25, -0.2) is 14.0 Å². The molecule has 0 N–H and O–H groups in total. The van der Waals surface area contributed by atoms with Gasteiger partial charge in [0.15, 0.2) is 11.6 Å². The van der Waals surface area contributed by atoms with Crippen molar-refractivity contribution in [1.82, 2.24) is 0 Å². The van der Waals surface area contributed by atoms with Gasteiger partial charge in [0.25, 0.3) is 0 Å². The maximum atomic E-state index is 14.5. The normalized spacial score (nSPS) is 10.3. The molecule has 0 aliphatic heterocycles. The maximum Gasteiger partial charge on any atom is 0.338 e. The predicted molar refractivity (Wildman–Crippen MR) is 110 cm³/mol. The molecule has 0 heterocycles. The van der Waals surface area contributed by atoms with E-state index < -0.39 is 17.8 Å². The number of hydrogen-bond donors (Lipinski definition) is 0. The average molecular weight is 414 g/mol. The van der Waals surface area contributed by atoms with Gasteiger partial charge in [-0.2, -0.15) is 0 Å². The molecule has 0 amide bonds. The number of benzene rings is 2. The zero-order valence-electron chi connectivity index (χ0n) is 17.1. The van der Waals surface area contributed by atoms with Gasteiger partial charge in [-0.1, -0.05) is 19.2 Å². The standard InChI is InChI=1S/C23H23FO6/c1-14(2)22(25)29-19-11-17(10-18(13-19)28-9-8-27-5)16-6-7-21(20(24)12-16)30-23(26)15(3)4/h6-7,10-13H,1,3,8-9H2,2,4-5H3. The van der Waals surface area contributed by atoms with Crippen LogP contribution in [0.5, 0.6) is 17.2 Å². The first-order valence-corrected chi connectivity index (χ1v) is 9.03. The van der Waals surface area contributed by atoms with E-state index in [2.05, 4.69) is 13.2 Å². The molecule has 2 aromatic rings. The van der Waals surface area contributed by atoms with E-state index in [1.54, 1.807) is 31.4 Å². The van der Waals surface area contributed by atoms with Crippen LogP contribution in [-0.2, 0) is 14.3 Å². The van der Waals surface area contributed by atoms with Crippen molar-refractivity contribution in [3.63, 3.8) is 0 Å². The second-order valence-corrected chi connectivity index (χ2v) is 6.52. The third-order valence-electron chi connectivity index (χ3n) is 3.81. The van der Waals surface area contributed by atoms with Crippen LogP contribution in [0.2, 0.25) is 0 Å². The summed E-state index contributed by atoms with van der Waals surface area (Å²) in [6.07, 6.45) is 0. The van der Waals surface area contributed by atoms with E-state index in [1.165, 1.54) is 26.0 Å². The number of rotatable bonds is 9. The molecule has 0 atom stereocenters. The highest BCUT2D eigenvalue weighted by Crippen LogP contribution is 2.32. The molecule has 158 valence electrons. The predicted octanol–water partition coefficient (Wildman–Crippen LogP) is 4.48. The molecule has 0 saturated heterocycles. The van der Waals surface area contributed by atoms with E-state index in [-0.39, 0.29) is 29.3 Å². The number of hydrogen-bond acceptors (Lipinski definition) is 6. The molecule has 2 rings (SSSR count). The Morgan fingerprint density at radius 2 is 1.50 bits per heavy atom. The molecule has 0 radical (unpaired) electrons. The Morgan fingerprint density at radius 1 is 0.867 bits per heavy atom. The Morgan fingerprint density at radius 3 is 2.10 bits per heavy atom. The molecule has 0 bridgehead atoms. The molecular weight excluding hydrogens is 391 g/mol. The van der Waals surface area contributed by atoms with E-state index in [4.69, 9.17) is 18.9 Å². The van der Waals surface area contributed by atoms with Gasteiger partial charge in [0.05, 0.1) is 6.61 Å². The number of halogens is 1. The lowest BCUT2D eigenvalue weighted by atomic mass is 10.0. The Kier molecular flexibility index (Phi) is 7.89. The van der Waals surface area contributed by atoms with Crippen LogP contribution in [0.25, 0.3) is 11.1 Å². The van der Waals surface area contributed by atoms with E-state index in [0.29, 0.717) is 23.5 Å². The van der Waals surface area contributed by atoms with E-state index in [1.807, 2.05) is 0 Å². The summed E-state index contributed by atoms with van der Waals surface area (Å²) in [5.74, 6) is -1.63. The van der Waals surface area contributed by atoms with Gasteiger partial charge in [-0.05, 0) is 49.2 Å². The van der Waals surface area contributed by atoms with Gasteiger partial charge in [-0.15, -0.1) is 0 Å². The average Bonchev–Trinajstić information content (AvgIpc) is 2.69. The summed E-state index contributed by atoms with van der Waals surface area (Å²) < 4.78 is 35.3. The van der Waals surface area contributed by atoms with Crippen LogP contribution in [0.15, 0.2) is 60.7 Å². The lowest BCUT2D eigenvalue weighted by Crippen LogP contribution is -2.09. The van der Waals surface area contributed by atoms with Crippen molar-refractivity contribution in [2.24, 2.45) is 0 Å². The van der Waals surface area contributed by atoms with Gasteiger partial charge < -0.3 is 18.9 Å². The summed E-state index contributed by atoms with van der Waals surface area (Å²) in [6, 6.07) is 8.89. The Labute approximate surface area is 174 Å². The van der Waals surface area contributed by atoms with Crippen LogP contribution in [0.1, 0.15) is 13.8 Å². The maximum absolute atomic E-state index is 14.5.